The molecule has 1 aliphatic rings. The molecular formula is C22H18N6O4S. The van der Waals surface area contributed by atoms with Crippen molar-refractivity contribution < 1.29 is 13.2 Å². The standard InChI is InChI=1S/C22H18N6O4S/c1-12-3-5-16(6-4-12)33(31,32)17-8-14-10-24-22(27-20(14)28(2)21(17)30)25-15-7-13-9-18(29)26-19(13)23-11-15/h3-8,10-11H,9H2,1-2H3,(H,23,26,29)(H,24,25,27). The second kappa shape index (κ2) is 7.48. The van der Waals surface area contributed by atoms with Crippen LogP contribution < -0.4 is 16.2 Å². The van der Waals surface area contributed by atoms with Crippen molar-refractivity contribution in [2.24, 2.45) is 7.05 Å². The number of sulfone groups is 1. The minimum Gasteiger partial charge on any atom is -0.323 e. The second-order valence-electron chi connectivity index (χ2n) is 7.74. The first-order valence-electron chi connectivity index (χ1n) is 9.97. The molecule has 4 aromatic rings. The van der Waals surface area contributed by atoms with Gasteiger partial charge >= 0.3 is 0 Å². The predicted octanol–water partition coefficient (Wildman–Crippen LogP) is 2.10. The lowest BCUT2D eigenvalue weighted by atomic mass is 10.2. The van der Waals surface area contributed by atoms with Gasteiger partial charge in [0.05, 0.1) is 23.2 Å². The van der Waals surface area contributed by atoms with Crippen LogP contribution in [0.5, 0.6) is 0 Å². The highest BCUT2D eigenvalue weighted by atomic mass is 32.2. The molecule has 1 aromatic carbocycles. The first-order valence-corrected chi connectivity index (χ1v) is 11.4. The molecule has 5 rings (SSSR count). The van der Waals surface area contributed by atoms with Gasteiger partial charge in [-0.1, -0.05) is 17.7 Å². The average molecular weight is 462 g/mol. The molecule has 0 atom stereocenters. The number of hydrogen-bond donors (Lipinski definition) is 2. The fraction of sp³-hybridized carbons (Fsp3) is 0.136. The van der Waals surface area contributed by atoms with Gasteiger partial charge in [0, 0.05) is 24.2 Å². The number of carbonyl (C=O) groups is 1. The minimum atomic E-state index is -4.02. The number of carbonyl (C=O) groups excluding carboxylic acids is 1. The Labute approximate surface area is 188 Å². The number of anilines is 3. The first-order chi connectivity index (χ1) is 15.7. The molecule has 0 aliphatic carbocycles. The lowest BCUT2D eigenvalue weighted by molar-refractivity contribution is -0.115. The van der Waals surface area contributed by atoms with Crippen molar-refractivity contribution in [2.45, 2.75) is 23.1 Å². The third-order valence-electron chi connectivity index (χ3n) is 5.37. The number of benzene rings is 1. The zero-order valence-corrected chi connectivity index (χ0v) is 18.5. The molecule has 10 nitrogen and oxygen atoms in total. The van der Waals surface area contributed by atoms with Gasteiger partial charge in [-0.3, -0.25) is 14.2 Å². The Morgan fingerprint density at radius 1 is 1.06 bits per heavy atom. The number of hydrogen-bond acceptors (Lipinski definition) is 8. The van der Waals surface area contributed by atoms with Crippen molar-refractivity contribution >= 4 is 44.2 Å². The molecule has 0 bridgehead atoms. The van der Waals surface area contributed by atoms with Crippen LogP contribution in [0.3, 0.4) is 0 Å². The van der Waals surface area contributed by atoms with E-state index in [1.807, 2.05) is 6.92 Å². The topological polar surface area (TPSA) is 136 Å². The van der Waals surface area contributed by atoms with Crippen LogP contribution >= 0.6 is 0 Å². The van der Waals surface area contributed by atoms with Gasteiger partial charge < -0.3 is 10.6 Å². The van der Waals surface area contributed by atoms with Gasteiger partial charge in [-0.2, -0.15) is 4.98 Å². The number of rotatable bonds is 4. The summed E-state index contributed by atoms with van der Waals surface area (Å²) in [5.74, 6) is 0.600. The van der Waals surface area contributed by atoms with Gasteiger partial charge in [-0.25, -0.2) is 18.4 Å². The van der Waals surface area contributed by atoms with Gasteiger partial charge in [0.25, 0.3) is 5.56 Å². The predicted molar refractivity (Wildman–Crippen MR) is 121 cm³/mol. The number of fused-ring (bicyclic) bond motifs is 2. The van der Waals surface area contributed by atoms with E-state index in [9.17, 15) is 18.0 Å². The molecule has 2 N–H and O–H groups in total. The summed E-state index contributed by atoms with van der Waals surface area (Å²) in [6.45, 7) is 1.85. The number of pyridine rings is 2. The zero-order valence-electron chi connectivity index (χ0n) is 17.7. The Kier molecular flexibility index (Phi) is 4.71. The lowest BCUT2D eigenvalue weighted by Crippen LogP contribution is -2.25. The highest BCUT2D eigenvalue weighted by Gasteiger charge is 2.24. The van der Waals surface area contributed by atoms with Crippen LogP contribution in [-0.2, 0) is 28.1 Å². The molecule has 4 heterocycles. The normalized spacial score (nSPS) is 13.1. The van der Waals surface area contributed by atoms with Gasteiger partial charge in [-0.15, -0.1) is 0 Å². The van der Waals surface area contributed by atoms with E-state index in [0.717, 1.165) is 11.1 Å². The number of amides is 1. The van der Waals surface area contributed by atoms with Crippen LogP contribution in [0, 0.1) is 6.92 Å². The number of nitrogens with zero attached hydrogens (tertiary/aromatic N) is 4. The number of nitrogens with one attached hydrogen (secondary N) is 2. The van der Waals surface area contributed by atoms with Crippen molar-refractivity contribution in [3.63, 3.8) is 0 Å². The second-order valence-corrected chi connectivity index (χ2v) is 9.66. The summed E-state index contributed by atoms with van der Waals surface area (Å²) in [7, 11) is -2.55. The molecule has 0 unspecified atom stereocenters. The average Bonchev–Trinajstić information content (AvgIpc) is 3.16. The SMILES string of the molecule is Cc1ccc(S(=O)(=O)c2cc3cnc(Nc4cnc5c(c4)CC(=O)N5)nc3n(C)c2=O)cc1. The molecule has 0 fully saturated rings. The van der Waals surface area contributed by atoms with Crippen LogP contribution in [0.25, 0.3) is 11.0 Å². The van der Waals surface area contributed by atoms with E-state index in [0.29, 0.717) is 16.9 Å². The van der Waals surface area contributed by atoms with Crippen LogP contribution in [0.1, 0.15) is 11.1 Å². The Bertz CT molecular complexity index is 1610. The Morgan fingerprint density at radius 2 is 1.82 bits per heavy atom. The molecule has 33 heavy (non-hydrogen) atoms. The van der Waals surface area contributed by atoms with Crippen LogP contribution in [-0.4, -0.2) is 33.8 Å². The highest BCUT2D eigenvalue weighted by molar-refractivity contribution is 7.91. The van der Waals surface area contributed by atoms with Crippen LogP contribution in [0.15, 0.2) is 63.4 Å². The summed E-state index contributed by atoms with van der Waals surface area (Å²) in [5, 5.41) is 6.07. The Morgan fingerprint density at radius 3 is 2.58 bits per heavy atom. The third-order valence-corrected chi connectivity index (χ3v) is 7.13. The number of aryl methyl sites for hydroxylation is 2. The van der Waals surface area contributed by atoms with E-state index < -0.39 is 15.4 Å². The maximum Gasteiger partial charge on any atom is 0.271 e. The van der Waals surface area contributed by atoms with E-state index in [2.05, 4.69) is 25.6 Å². The van der Waals surface area contributed by atoms with Gasteiger partial charge in [0.2, 0.25) is 21.7 Å². The molecule has 166 valence electrons. The van der Waals surface area contributed by atoms with Gasteiger partial charge in [0.15, 0.2) is 0 Å². The van der Waals surface area contributed by atoms with Crippen molar-refractivity contribution in [1.29, 1.82) is 0 Å². The molecule has 3 aromatic heterocycles. The summed E-state index contributed by atoms with van der Waals surface area (Å²) in [6.07, 6.45) is 3.22. The van der Waals surface area contributed by atoms with Crippen molar-refractivity contribution in [3.05, 3.63) is 70.3 Å². The van der Waals surface area contributed by atoms with Crippen molar-refractivity contribution in [2.75, 3.05) is 10.6 Å². The maximum atomic E-state index is 13.1. The lowest BCUT2D eigenvalue weighted by Gasteiger charge is -2.11. The van der Waals surface area contributed by atoms with E-state index in [1.54, 1.807) is 18.2 Å². The van der Waals surface area contributed by atoms with E-state index >= 15 is 0 Å². The summed E-state index contributed by atoms with van der Waals surface area (Å²) in [5.41, 5.74) is 1.83. The molecule has 1 aliphatic heterocycles. The molecule has 0 saturated carbocycles. The third kappa shape index (κ3) is 3.61. The van der Waals surface area contributed by atoms with E-state index in [4.69, 9.17) is 0 Å². The van der Waals surface area contributed by atoms with Gasteiger partial charge in [0.1, 0.15) is 16.4 Å². The summed E-state index contributed by atoms with van der Waals surface area (Å²) >= 11 is 0. The zero-order chi connectivity index (χ0) is 23.3. The Hall–Kier alpha value is -4.12. The molecule has 0 saturated heterocycles. The monoisotopic (exact) mass is 462 g/mol. The largest absolute Gasteiger partial charge is 0.323 e. The molecule has 0 spiro atoms. The highest BCUT2D eigenvalue weighted by Crippen LogP contribution is 2.25. The minimum absolute atomic E-state index is 0.0424. The fourth-order valence-corrected chi connectivity index (χ4v) is 5.02. The summed E-state index contributed by atoms with van der Waals surface area (Å²) < 4.78 is 27.4. The molecule has 0 radical (unpaired) electrons. The van der Waals surface area contributed by atoms with Gasteiger partial charge in [-0.05, 0) is 31.2 Å². The summed E-state index contributed by atoms with van der Waals surface area (Å²) in [6, 6.07) is 9.38. The van der Waals surface area contributed by atoms with Crippen LogP contribution in [0.4, 0.5) is 17.5 Å². The first kappa shape index (κ1) is 20.8. The van der Waals surface area contributed by atoms with Crippen molar-refractivity contribution in [3.8, 4) is 0 Å². The number of aromatic nitrogens is 4. The van der Waals surface area contributed by atoms with E-state index in [-0.39, 0.29) is 33.7 Å². The summed E-state index contributed by atoms with van der Waals surface area (Å²) in [4.78, 5) is 37.0. The molecule has 1 amide bonds. The van der Waals surface area contributed by atoms with E-state index in [1.165, 1.54) is 42.2 Å². The quantitative estimate of drug-likeness (QED) is 0.471. The fourth-order valence-electron chi connectivity index (χ4n) is 3.62. The van der Waals surface area contributed by atoms with Crippen molar-refractivity contribution in [1.82, 2.24) is 19.5 Å². The van der Waals surface area contributed by atoms with Crippen LogP contribution in [0.2, 0.25) is 0 Å². The Balaban J connectivity index is 1.53. The smallest absolute Gasteiger partial charge is 0.271 e. The molecular weight excluding hydrogens is 444 g/mol. The maximum absolute atomic E-state index is 13.1. The molecule has 11 heteroatoms.